The number of piperidine rings is 1. The van der Waals surface area contributed by atoms with E-state index in [4.69, 9.17) is 0 Å². The van der Waals surface area contributed by atoms with Gasteiger partial charge >= 0.3 is 0 Å². The van der Waals surface area contributed by atoms with Crippen LogP contribution in [0.15, 0.2) is 0 Å². The van der Waals surface area contributed by atoms with Gasteiger partial charge in [0.25, 0.3) is 0 Å². The Hall–Kier alpha value is -0.660. The highest BCUT2D eigenvalue weighted by Crippen LogP contribution is 2.18. The summed E-state index contributed by atoms with van der Waals surface area (Å²) < 4.78 is 24.3. The molecule has 2 aliphatic rings. The van der Waals surface area contributed by atoms with E-state index < -0.39 is 10.0 Å². The largest absolute Gasteiger partial charge is 0.350 e. The van der Waals surface area contributed by atoms with E-state index in [2.05, 4.69) is 5.32 Å². The van der Waals surface area contributed by atoms with Gasteiger partial charge in [0.1, 0.15) is 0 Å². The maximum Gasteiger partial charge on any atom is 0.223 e. The van der Waals surface area contributed by atoms with Crippen LogP contribution in [-0.4, -0.2) is 64.2 Å². The summed E-state index contributed by atoms with van der Waals surface area (Å²) in [5, 5.41) is 3.01. The molecule has 0 unspecified atom stereocenters. The molecule has 2 fully saturated rings. The van der Waals surface area contributed by atoms with Crippen molar-refractivity contribution in [2.45, 2.75) is 25.7 Å². The van der Waals surface area contributed by atoms with Crippen LogP contribution in [0.1, 0.15) is 25.7 Å². The quantitative estimate of drug-likeness (QED) is 0.646. The van der Waals surface area contributed by atoms with Crippen LogP contribution in [0.3, 0.4) is 0 Å². The normalized spacial score (nSPS) is 23.1. The molecule has 20 heavy (non-hydrogen) atoms. The average molecular weight is 304 g/mol. The van der Waals surface area contributed by atoms with Crippen LogP contribution in [0.2, 0.25) is 0 Å². The molecule has 0 aromatic carbocycles. The van der Waals surface area contributed by atoms with Crippen LogP contribution in [-0.2, 0) is 14.8 Å². The molecule has 2 aliphatic heterocycles. The third-order valence-electron chi connectivity index (χ3n) is 4.38. The minimum absolute atomic E-state index is 0.0263. The molecule has 0 bridgehead atoms. The predicted octanol–water partition coefficient (Wildman–Crippen LogP) is -1.55. The van der Waals surface area contributed by atoms with Crippen LogP contribution < -0.4 is 10.2 Å². The predicted molar refractivity (Wildman–Crippen MR) is 76.9 cm³/mol. The van der Waals surface area contributed by atoms with Crippen molar-refractivity contribution in [2.24, 2.45) is 5.92 Å². The summed E-state index contributed by atoms with van der Waals surface area (Å²) in [5.41, 5.74) is 0. The first kappa shape index (κ1) is 15.7. The van der Waals surface area contributed by atoms with E-state index >= 15 is 0 Å². The summed E-state index contributed by atoms with van der Waals surface area (Å²) in [5.74, 6) is 0.0679. The number of sulfonamides is 1. The fourth-order valence-electron chi connectivity index (χ4n) is 3.08. The van der Waals surface area contributed by atoms with Crippen molar-refractivity contribution >= 4 is 15.9 Å². The Morgan fingerprint density at radius 3 is 2.40 bits per heavy atom. The third kappa shape index (κ3) is 4.43. The maximum absolute atomic E-state index is 12.0. The van der Waals surface area contributed by atoms with Gasteiger partial charge in [-0.3, -0.25) is 4.79 Å². The number of carbonyl (C=O) groups excluding carboxylic acids is 1. The Morgan fingerprint density at radius 1 is 1.25 bits per heavy atom. The van der Waals surface area contributed by atoms with Crippen molar-refractivity contribution in [3.63, 3.8) is 0 Å². The van der Waals surface area contributed by atoms with Crippen LogP contribution in [0, 0.1) is 5.92 Å². The van der Waals surface area contributed by atoms with Crippen molar-refractivity contribution in [1.82, 2.24) is 9.62 Å². The van der Waals surface area contributed by atoms with Gasteiger partial charge < -0.3 is 10.2 Å². The van der Waals surface area contributed by atoms with E-state index in [1.54, 1.807) is 4.90 Å². The van der Waals surface area contributed by atoms with Gasteiger partial charge in [-0.15, -0.1) is 0 Å². The fraction of sp³-hybridized carbons (Fsp3) is 0.923. The molecule has 0 aliphatic carbocycles. The highest BCUT2D eigenvalue weighted by molar-refractivity contribution is 7.88. The first-order valence-corrected chi connectivity index (χ1v) is 9.38. The Bertz CT molecular complexity index is 424. The molecule has 2 saturated heterocycles. The number of quaternary nitrogens is 1. The molecule has 6 nitrogen and oxygen atoms in total. The molecule has 116 valence electrons. The minimum Gasteiger partial charge on any atom is -0.350 e. The molecule has 2 N–H and O–H groups in total. The van der Waals surface area contributed by atoms with Crippen LogP contribution >= 0.6 is 0 Å². The number of carbonyl (C=O) groups is 1. The second kappa shape index (κ2) is 6.87. The topological polar surface area (TPSA) is 70.9 Å². The van der Waals surface area contributed by atoms with E-state index in [0.29, 0.717) is 25.9 Å². The molecule has 0 atom stereocenters. The van der Waals surface area contributed by atoms with E-state index in [0.717, 1.165) is 13.1 Å². The van der Waals surface area contributed by atoms with E-state index in [1.165, 1.54) is 36.5 Å². The third-order valence-corrected chi connectivity index (χ3v) is 5.69. The van der Waals surface area contributed by atoms with Crippen LogP contribution in [0.4, 0.5) is 0 Å². The molecule has 2 heterocycles. The average Bonchev–Trinajstić information content (AvgIpc) is 2.91. The van der Waals surface area contributed by atoms with Gasteiger partial charge in [-0.05, 0) is 12.8 Å². The SMILES string of the molecule is CS(=O)(=O)N1CCC(C(=O)NCC[NH+]2CCCC2)CC1. The first-order chi connectivity index (χ1) is 9.47. The van der Waals surface area contributed by atoms with Gasteiger partial charge in [-0.2, -0.15) is 0 Å². The van der Waals surface area contributed by atoms with Gasteiger partial charge in [0.05, 0.1) is 32.4 Å². The molecule has 0 spiro atoms. The van der Waals surface area contributed by atoms with Gasteiger partial charge in [0.2, 0.25) is 15.9 Å². The molecule has 2 rings (SSSR count). The lowest BCUT2D eigenvalue weighted by atomic mass is 9.97. The number of amides is 1. The Labute approximate surface area is 121 Å². The molecule has 0 aromatic heterocycles. The van der Waals surface area contributed by atoms with Crippen LogP contribution in [0.25, 0.3) is 0 Å². The number of rotatable bonds is 5. The van der Waals surface area contributed by atoms with E-state index in [9.17, 15) is 13.2 Å². The first-order valence-electron chi connectivity index (χ1n) is 7.53. The molecule has 7 heteroatoms. The summed E-state index contributed by atoms with van der Waals surface area (Å²) >= 11 is 0. The fourth-order valence-corrected chi connectivity index (χ4v) is 3.96. The number of hydrogen-bond acceptors (Lipinski definition) is 3. The summed E-state index contributed by atoms with van der Waals surface area (Å²) in [6, 6.07) is 0. The monoisotopic (exact) mass is 304 g/mol. The number of hydrogen-bond donors (Lipinski definition) is 2. The Morgan fingerprint density at radius 2 is 1.85 bits per heavy atom. The van der Waals surface area contributed by atoms with Crippen molar-refractivity contribution < 1.29 is 18.1 Å². The second-order valence-corrected chi connectivity index (χ2v) is 7.92. The molecule has 0 radical (unpaired) electrons. The zero-order valence-corrected chi connectivity index (χ0v) is 13.0. The van der Waals surface area contributed by atoms with Gasteiger partial charge in [-0.1, -0.05) is 0 Å². The molecular weight excluding hydrogens is 278 g/mol. The Balaban J connectivity index is 1.66. The van der Waals surface area contributed by atoms with Crippen LogP contribution in [0.5, 0.6) is 0 Å². The number of likely N-dealkylation sites (tertiary alicyclic amines) is 1. The zero-order valence-electron chi connectivity index (χ0n) is 12.2. The van der Waals surface area contributed by atoms with Gasteiger partial charge in [0, 0.05) is 31.8 Å². The summed E-state index contributed by atoms with van der Waals surface area (Å²) in [6.45, 7) is 5.13. The minimum atomic E-state index is -3.10. The van der Waals surface area contributed by atoms with Crippen molar-refractivity contribution in [2.75, 3.05) is 45.5 Å². The standard InChI is InChI=1S/C13H25N3O3S/c1-20(18,19)16-9-4-12(5-10-16)13(17)14-6-11-15-7-2-3-8-15/h12H,2-11H2,1H3,(H,14,17)/p+1. The summed E-state index contributed by atoms with van der Waals surface area (Å²) in [7, 11) is -3.10. The number of nitrogens with zero attached hydrogens (tertiary/aromatic N) is 1. The van der Waals surface area contributed by atoms with Gasteiger partial charge in [0.15, 0.2) is 0 Å². The van der Waals surface area contributed by atoms with E-state index in [1.807, 2.05) is 0 Å². The highest BCUT2D eigenvalue weighted by atomic mass is 32.2. The lowest BCUT2D eigenvalue weighted by Crippen LogP contribution is -3.10. The summed E-state index contributed by atoms with van der Waals surface area (Å²) in [6.07, 6.45) is 5.09. The lowest BCUT2D eigenvalue weighted by molar-refractivity contribution is -0.886. The molecular formula is C13H26N3O3S+. The molecule has 1 amide bonds. The number of nitrogens with one attached hydrogen (secondary N) is 2. The summed E-state index contributed by atoms with van der Waals surface area (Å²) in [4.78, 5) is 13.6. The Kier molecular flexibility index (Phi) is 5.40. The second-order valence-electron chi connectivity index (χ2n) is 5.93. The highest BCUT2D eigenvalue weighted by Gasteiger charge is 2.28. The molecule has 0 aromatic rings. The molecule has 0 saturated carbocycles. The van der Waals surface area contributed by atoms with Crippen molar-refractivity contribution in [3.05, 3.63) is 0 Å². The van der Waals surface area contributed by atoms with Gasteiger partial charge in [-0.25, -0.2) is 12.7 Å². The smallest absolute Gasteiger partial charge is 0.223 e. The zero-order chi connectivity index (χ0) is 14.6. The maximum atomic E-state index is 12.0. The van der Waals surface area contributed by atoms with Crippen molar-refractivity contribution in [1.29, 1.82) is 0 Å². The van der Waals surface area contributed by atoms with E-state index in [-0.39, 0.29) is 11.8 Å². The van der Waals surface area contributed by atoms with Crippen molar-refractivity contribution in [3.8, 4) is 0 Å². The lowest BCUT2D eigenvalue weighted by Gasteiger charge is -2.29.